The van der Waals surface area contributed by atoms with Crippen LogP contribution >= 0.6 is 0 Å². The first-order valence-electron chi connectivity index (χ1n) is 4.28. The number of rotatable bonds is 3. The van der Waals surface area contributed by atoms with Crippen LogP contribution in [-0.4, -0.2) is 31.0 Å². The Kier molecular flexibility index (Phi) is 6.53. The van der Waals surface area contributed by atoms with Crippen molar-refractivity contribution in [2.45, 2.75) is 6.42 Å². The smallest absolute Gasteiger partial charge is 0.160 e. The minimum absolute atomic E-state index is 0.165. The maximum atomic E-state index is 9.25. The molecule has 0 saturated heterocycles. The molecule has 1 aromatic carbocycles. The molecule has 0 aliphatic heterocycles. The van der Waals surface area contributed by atoms with Gasteiger partial charge in [0.2, 0.25) is 0 Å². The third-order valence-electron chi connectivity index (χ3n) is 1.68. The molecule has 0 aromatic heterocycles. The highest BCUT2D eigenvalue weighted by Gasteiger charge is 2.00. The highest BCUT2D eigenvalue weighted by Crippen LogP contribution is 2.26. The second-order valence-corrected chi connectivity index (χ2v) is 2.54. The Balaban J connectivity index is 0.000000791. The van der Waals surface area contributed by atoms with E-state index in [-0.39, 0.29) is 5.75 Å². The molecule has 4 heteroatoms. The van der Waals surface area contributed by atoms with E-state index in [1.807, 2.05) is 6.07 Å². The number of nitrogens with two attached hydrogens (primary N) is 1. The SMILES string of the molecule is CO.COc1cc(CCN)ccc1O. The van der Waals surface area contributed by atoms with Gasteiger partial charge in [-0.3, -0.25) is 0 Å². The Morgan fingerprint density at radius 1 is 1.36 bits per heavy atom. The zero-order valence-electron chi connectivity index (χ0n) is 8.53. The van der Waals surface area contributed by atoms with Crippen LogP contribution in [0.15, 0.2) is 18.2 Å². The summed E-state index contributed by atoms with van der Waals surface area (Å²) in [5.41, 5.74) is 6.46. The molecule has 80 valence electrons. The molecule has 1 rings (SSSR count). The van der Waals surface area contributed by atoms with Crippen molar-refractivity contribution in [3.8, 4) is 11.5 Å². The molecule has 0 fully saturated rings. The van der Waals surface area contributed by atoms with E-state index in [9.17, 15) is 5.11 Å². The summed E-state index contributed by atoms with van der Waals surface area (Å²) in [6.45, 7) is 0.605. The van der Waals surface area contributed by atoms with Crippen molar-refractivity contribution in [3.63, 3.8) is 0 Å². The van der Waals surface area contributed by atoms with Crippen LogP contribution in [0.4, 0.5) is 0 Å². The van der Waals surface area contributed by atoms with Crippen LogP contribution in [0, 0.1) is 0 Å². The van der Waals surface area contributed by atoms with E-state index in [1.54, 1.807) is 12.1 Å². The van der Waals surface area contributed by atoms with Gasteiger partial charge in [0, 0.05) is 7.11 Å². The first-order chi connectivity index (χ1) is 6.77. The van der Waals surface area contributed by atoms with Gasteiger partial charge in [0.1, 0.15) is 0 Å². The van der Waals surface area contributed by atoms with Gasteiger partial charge in [0.25, 0.3) is 0 Å². The van der Waals surface area contributed by atoms with Crippen LogP contribution < -0.4 is 10.5 Å². The fraction of sp³-hybridized carbons (Fsp3) is 0.400. The highest BCUT2D eigenvalue weighted by molar-refractivity contribution is 5.41. The summed E-state index contributed by atoms with van der Waals surface area (Å²) in [6.07, 6.45) is 0.802. The number of phenols is 1. The third kappa shape index (κ3) is 3.64. The Labute approximate surface area is 83.9 Å². The molecule has 0 aliphatic carbocycles. The van der Waals surface area contributed by atoms with Gasteiger partial charge in [0.15, 0.2) is 11.5 Å². The van der Waals surface area contributed by atoms with Gasteiger partial charge in [0.05, 0.1) is 7.11 Å². The minimum Gasteiger partial charge on any atom is -0.504 e. The van der Waals surface area contributed by atoms with E-state index >= 15 is 0 Å². The lowest BCUT2D eigenvalue weighted by atomic mass is 10.1. The average molecular weight is 199 g/mol. The number of aromatic hydroxyl groups is 1. The van der Waals surface area contributed by atoms with Crippen LogP contribution in [0.25, 0.3) is 0 Å². The van der Waals surface area contributed by atoms with Crippen LogP contribution in [0.3, 0.4) is 0 Å². The maximum Gasteiger partial charge on any atom is 0.160 e. The van der Waals surface area contributed by atoms with E-state index in [1.165, 1.54) is 7.11 Å². The maximum absolute atomic E-state index is 9.25. The first kappa shape index (κ1) is 12.7. The number of hydrogen-bond acceptors (Lipinski definition) is 4. The van der Waals surface area contributed by atoms with Crippen molar-refractivity contribution < 1.29 is 14.9 Å². The average Bonchev–Trinajstić information content (AvgIpc) is 2.24. The number of hydrogen-bond donors (Lipinski definition) is 3. The van der Waals surface area contributed by atoms with Crippen molar-refractivity contribution in [1.82, 2.24) is 0 Å². The number of ether oxygens (including phenoxy) is 1. The molecule has 14 heavy (non-hydrogen) atoms. The largest absolute Gasteiger partial charge is 0.504 e. The Hall–Kier alpha value is -1.26. The summed E-state index contributed by atoms with van der Waals surface area (Å²) in [6, 6.07) is 5.25. The van der Waals surface area contributed by atoms with Crippen molar-refractivity contribution in [2.75, 3.05) is 20.8 Å². The monoisotopic (exact) mass is 199 g/mol. The van der Waals surface area contributed by atoms with Gasteiger partial charge in [-0.2, -0.15) is 0 Å². The third-order valence-corrected chi connectivity index (χ3v) is 1.68. The first-order valence-corrected chi connectivity index (χ1v) is 4.28. The number of phenolic OH excluding ortho intramolecular Hbond substituents is 1. The van der Waals surface area contributed by atoms with Crippen LogP contribution in [0.5, 0.6) is 11.5 Å². The number of aliphatic hydroxyl groups is 1. The van der Waals surface area contributed by atoms with Crippen molar-refractivity contribution in [1.29, 1.82) is 0 Å². The van der Waals surface area contributed by atoms with E-state index in [0.29, 0.717) is 12.3 Å². The Morgan fingerprint density at radius 3 is 2.50 bits per heavy atom. The van der Waals surface area contributed by atoms with Gasteiger partial charge < -0.3 is 20.7 Å². The second kappa shape index (κ2) is 7.17. The molecule has 0 spiro atoms. The van der Waals surface area contributed by atoms with E-state index in [0.717, 1.165) is 19.1 Å². The molecule has 0 saturated carbocycles. The van der Waals surface area contributed by atoms with E-state index in [2.05, 4.69) is 0 Å². The number of benzene rings is 1. The molecule has 1 aromatic rings. The van der Waals surface area contributed by atoms with Crippen molar-refractivity contribution in [2.24, 2.45) is 5.73 Å². The molecule has 0 unspecified atom stereocenters. The summed E-state index contributed by atoms with van der Waals surface area (Å²) in [5.74, 6) is 0.666. The summed E-state index contributed by atoms with van der Waals surface area (Å²) in [5, 5.41) is 16.2. The number of methoxy groups -OCH3 is 1. The Bertz CT molecular complexity index is 264. The second-order valence-electron chi connectivity index (χ2n) is 2.54. The van der Waals surface area contributed by atoms with Crippen LogP contribution in [0.1, 0.15) is 5.56 Å². The molecule has 0 atom stereocenters. The normalized spacial score (nSPS) is 8.86. The van der Waals surface area contributed by atoms with Crippen LogP contribution in [-0.2, 0) is 6.42 Å². The summed E-state index contributed by atoms with van der Waals surface area (Å²) in [4.78, 5) is 0. The highest BCUT2D eigenvalue weighted by atomic mass is 16.5. The summed E-state index contributed by atoms with van der Waals surface area (Å²) >= 11 is 0. The lowest BCUT2D eigenvalue weighted by Crippen LogP contribution is -2.02. The van der Waals surface area contributed by atoms with E-state index < -0.39 is 0 Å². The van der Waals surface area contributed by atoms with Gasteiger partial charge in [-0.05, 0) is 30.7 Å². The zero-order chi connectivity index (χ0) is 11.0. The van der Waals surface area contributed by atoms with Gasteiger partial charge in [-0.1, -0.05) is 6.07 Å². The quantitative estimate of drug-likeness (QED) is 0.663. The molecular formula is C10H17NO3. The Morgan fingerprint density at radius 2 is 2.00 bits per heavy atom. The van der Waals surface area contributed by atoms with Gasteiger partial charge in [-0.25, -0.2) is 0 Å². The number of aliphatic hydroxyl groups excluding tert-OH is 1. The predicted octanol–water partition coefficient (Wildman–Crippen LogP) is 0.510. The van der Waals surface area contributed by atoms with E-state index in [4.69, 9.17) is 15.6 Å². The lowest BCUT2D eigenvalue weighted by molar-refractivity contribution is 0.373. The van der Waals surface area contributed by atoms with Crippen molar-refractivity contribution in [3.05, 3.63) is 23.8 Å². The van der Waals surface area contributed by atoms with Crippen LogP contribution in [0.2, 0.25) is 0 Å². The standard InChI is InChI=1S/C9H13NO2.CH4O/c1-12-9-6-7(4-5-10)2-3-8(9)11;1-2/h2-3,6,11H,4-5,10H2,1H3;2H,1H3. The molecule has 0 aliphatic rings. The molecular weight excluding hydrogens is 182 g/mol. The van der Waals surface area contributed by atoms with Gasteiger partial charge in [-0.15, -0.1) is 0 Å². The minimum atomic E-state index is 0.165. The molecule has 0 heterocycles. The predicted molar refractivity (Wildman–Crippen MR) is 55.6 cm³/mol. The molecule has 0 bridgehead atoms. The molecule has 4 N–H and O–H groups in total. The molecule has 0 radical (unpaired) electrons. The molecule has 4 nitrogen and oxygen atoms in total. The molecule has 0 amide bonds. The fourth-order valence-corrected chi connectivity index (χ4v) is 1.04. The topological polar surface area (TPSA) is 75.7 Å². The zero-order valence-corrected chi connectivity index (χ0v) is 8.53. The fourth-order valence-electron chi connectivity index (χ4n) is 1.04. The van der Waals surface area contributed by atoms with Gasteiger partial charge >= 0.3 is 0 Å². The summed E-state index contributed by atoms with van der Waals surface area (Å²) < 4.78 is 4.94. The lowest BCUT2D eigenvalue weighted by Gasteiger charge is -2.05. The van der Waals surface area contributed by atoms with Crippen molar-refractivity contribution >= 4 is 0 Å². The summed E-state index contributed by atoms with van der Waals surface area (Å²) in [7, 11) is 2.53.